The van der Waals surface area contributed by atoms with Crippen LogP contribution in [-0.4, -0.2) is 74.3 Å². The average molecular weight is 1040 g/mol. The van der Waals surface area contributed by atoms with Crippen molar-refractivity contribution < 1.29 is 37.3 Å². The number of hydrogen-bond acceptors (Lipinski definition) is 6. The number of nitrogens with zero attached hydrogens (tertiary/aromatic N) is 1. The average Bonchev–Trinajstić information content (AvgIpc) is 3.35. The van der Waals surface area contributed by atoms with Gasteiger partial charge < -0.3 is 19.4 Å². The van der Waals surface area contributed by atoms with E-state index in [2.05, 4.69) is 86.8 Å². The summed E-state index contributed by atoms with van der Waals surface area (Å²) in [5.74, 6) is -0.537. The molecule has 3 unspecified atom stereocenters. The SMILES string of the molecule is CCCCC/C=C\C/C=C\C/C=C\C/C=C\CCCCCCCCCC(=O)NC(COP(=O)(O)OCC[N+](C)(C)C)C(/C=C\CCCCCCCCCCC)OC(=O)CCCCC/C=C\CCCCCCCC. The molecule has 10 heteroatoms. The van der Waals surface area contributed by atoms with Crippen LogP contribution in [0.15, 0.2) is 72.9 Å². The Morgan fingerprint density at radius 3 is 1.30 bits per heavy atom. The minimum atomic E-state index is -4.45. The van der Waals surface area contributed by atoms with Crippen molar-refractivity contribution >= 4 is 19.7 Å². The minimum absolute atomic E-state index is 0.0334. The number of unbranched alkanes of at least 4 members (excludes halogenated alkanes) is 28. The van der Waals surface area contributed by atoms with Crippen LogP contribution in [0.25, 0.3) is 0 Å². The smallest absolute Gasteiger partial charge is 0.456 e. The van der Waals surface area contributed by atoms with Crippen molar-refractivity contribution in [3.63, 3.8) is 0 Å². The van der Waals surface area contributed by atoms with Crippen molar-refractivity contribution in [3.8, 4) is 0 Å². The van der Waals surface area contributed by atoms with Gasteiger partial charge in [-0.2, -0.15) is 0 Å². The summed E-state index contributed by atoms with van der Waals surface area (Å²) in [4.78, 5) is 37.6. The van der Waals surface area contributed by atoms with Gasteiger partial charge in [-0.15, -0.1) is 0 Å². The Kier molecular flexibility index (Phi) is 51.0. The summed E-state index contributed by atoms with van der Waals surface area (Å²) in [5, 5.41) is 3.04. The predicted molar refractivity (Wildman–Crippen MR) is 314 cm³/mol. The monoisotopic (exact) mass is 1040 g/mol. The van der Waals surface area contributed by atoms with E-state index < -0.39 is 20.0 Å². The molecule has 2 N–H and O–H groups in total. The first-order valence-corrected chi connectivity index (χ1v) is 31.8. The Balaban J connectivity index is 5.22. The van der Waals surface area contributed by atoms with E-state index in [0.717, 1.165) is 96.3 Å². The maximum atomic E-state index is 13.5. The van der Waals surface area contributed by atoms with E-state index in [0.29, 0.717) is 23.9 Å². The molecule has 3 atom stereocenters. The maximum absolute atomic E-state index is 13.5. The van der Waals surface area contributed by atoms with Gasteiger partial charge >= 0.3 is 13.8 Å². The first-order valence-electron chi connectivity index (χ1n) is 30.3. The number of ether oxygens (including phenoxy) is 1. The number of allylic oxidation sites excluding steroid dienone is 11. The van der Waals surface area contributed by atoms with E-state index in [1.807, 2.05) is 33.3 Å². The van der Waals surface area contributed by atoms with Gasteiger partial charge in [0, 0.05) is 12.8 Å². The summed E-state index contributed by atoms with van der Waals surface area (Å²) in [7, 11) is 1.48. The quantitative estimate of drug-likeness (QED) is 0.0205. The second-order valence-corrected chi connectivity index (χ2v) is 23.0. The van der Waals surface area contributed by atoms with Crippen LogP contribution in [0, 0.1) is 0 Å². The number of hydrogen-bond donors (Lipinski definition) is 2. The standard InChI is InChI=1S/C63H115N2O7P/c1-7-10-13-16-19-22-25-27-28-29-30-31-32-33-34-35-36-38-40-43-46-49-52-55-62(66)64-60(59-71-73(68,69)70-58-57-65(4,5)6)61(54-51-48-45-42-39-24-21-18-15-12-9-3)72-63(67)56-53-50-47-44-41-37-26-23-20-17-14-11-8-2/h19,22,27-28,30-31,33-34,37,41,51,54,60-61H,7-18,20-21,23-26,29,32,35-36,38-40,42-50,52-53,55-59H2,1-6H3,(H-,64,66,68,69)/p+1/b22-19-,28-27-,31-30-,34-33-,41-37-,54-51-. The Morgan fingerprint density at radius 1 is 0.479 bits per heavy atom. The summed E-state index contributed by atoms with van der Waals surface area (Å²) >= 11 is 0. The summed E-state index contributed by atoms with van der Waals surface area (Å²) in [5.41, 5.74) is 0. The number of quaternary nitrogens is 1. The third kappa shape index (κ3) is 54.1. The molecule has 0 bridgehead atoms. The number of carbonyl (C=O) groups is 2. The lowest BCUT2D eigenvalue weighted by atomic mass is 10.1. The first-order chi connectivity index (χ1) is 35.4. The number of esters is 1. The van der Waals surface area contributed by atoms with Crippen LogP contribution in [0.2, 0.25) is 0 Å². The van der Waals surface area contributed by atoms with E-state index in [4.69, 9.17) is 13.8 Å². The molecule has 0 aliphatic heterocycles. The van der Waals surface area contributed by atoms with E-state index >= 15 is 0 Å². The lowest BCUT2D eigenvalue weighted by molar-refractivity contribution is -0.870. The molecular weight excluding hydrogens is 928 g/mol. The topological polar surface area (TPSA) is 111 Å². The number of phosphoric ester groups is 1. The predicted octanol–water partition coefficient (Wildman–Crippen LogP) is 18.4. The molecule has 0 radical (unpaired) electrons. The molecule has 73 heavy (non-hydrogen) atoms. The Bertz CT molecular complexity index is 1480. The van der Waals surface area contributed by atoms with Gasteiger partial charge in [0.15, 0.2) is 0 Å². The number of nitrogens with one attached hydrogen (secondary N) is 1. The van der Waals surface area contributed by atoms with Crippen LogP contribution in [0.1, 0.15) is 265 Å². The van der Waals surface area contributed by atoms with Crippen molar-refractivity contribution in [2.45, 2.75) is 277 Å². The van der Waals surface area contributed by atoms with Crippen LogP contribution >= 0.6 is 7.82 Å². The van der Waals surface area contributed by atoms with Crippen molar-refractivity contribution in [2.75, 3.05) is 40.9 Å². The zero-order valence-electron chi connectivity index (χ0n) is 48.4. The molecule has 0 aliphatic rings. The summed E-state index contributed by atoms with van der Waals surface area (Å²) in [6.07, 6.45) is 67.5. The number of likely N-dealkylation sites (N-methyl/N-ethyl adjacent to an activating group) is 1. The molecule has 1 amide bonds. The zero-order valence-corrected chi connectivity index (χ0v) is 49.3. The molecule has 424 valence electrons. The summed E-state index contributed by atoms with van der Waals surface area (Å²) in [6, 6.07) is -0.861. The van der Waals surface area contributed by atoms with Crippen LogP contribution in [0.4, 0.5) is 0 Å². The molecule has 9 nitrogen and oxygen atoms in total. The molecule has 0 aromatic heterocycles. The molecule has 0 aromatic carbocycles. The highest BCUT2D eigenvalue weighted by Crippen LogP contribution is 2.43. The van der Waals surface area contributed by atoms with Crippen molar-refractivity contribution in [1.82, 2.24) is 5.32 Å². The highest BCUT2D eigenvalue weighted by Gasteiger charge is 2.30. The largest absolute Gasteiger partial charge is 0.472 e. The van der Waals surface area contributed by atoms with Gasteiger partial charge in [-0.05, 0) is 102 Å². The fraction of sp³-hybridized carbons (Fsp3) is 0.778. The van der Waals surface area contributed by atoms with Gasteiger partial charge in [-0.3, -0.25) is 18.6 Å². The van der Waals surface area contributed by atoms with Crippen LogP contribution < -0.4 is 5.32 Å². The molecular formula is C63H116N2O7P+. The summed E-state index contributed by atoms with van der Waals surface area (Å²) in [6.45, 7) is 6.95. The number of carbonyl (C=O) groups excluding carboxylic acids is 2. The number of amides is 1. The molecule has 0 heterocycles. The number of rotatable bonds is 54. The molecule has 0 aliphatic carbocycles. The van der Waals surface area contributed by atoms with Crippen LogP contribution in [-0.2, 0) is 27.9 Å². The van der Waals surface area contributed by atoms with E-state index in [-0.39, 0.29) is 31.5 Å². The Morgan fingerprint density at radius 2 is 0.836 bits per heavy atom. The van der Waals surface area contributed by atoms with E-state index in [9.17, 15) is 19.0 Å². The van der Waals surface area contributed by atoms with Gasteiger partial charge in [0.1, 0.15) is 19.3 Å². The Labute approximate surface area is 451 Å². The number of phosphoric acid groups is 1. The molecule has 0 fully saturated rings. The molecule has 0 rings (SSSR count). The van der Waals surface area contributed by atoms with Gasteiger partial charge in [-0.1, -0.05) is 222 Å². The minimum Gasteiger partial charge on any atom is -0.456 e. The van der Waals surface area contributed by atoms with E-state index in [1.165, 1.54) is 128 Å². The fourth-order valence-corrected chi connectivity index (χ4v) is 9.12. The second kappa shape index (κ2) is 52.9. The van der Waals surface area contributed by atoms with Crippen LogP contribution in [0.5, 0.6) is 0 Å². The second-order valence-electron chi connectivity index (χ2n) is 21.5. The van der Waals surface area contributed by atoms with Gasteiger partial charge in [-0.25, -0.2) is 4.57 Å². The third-order valence-corrected chi connectivity index (χ3v) is 14.1. The molecule has 0 saturated heterocycles. The lowest BCUT2D eigenvalue weighted by Gasteiger charge is -2.27. The maximum Gasteiger partial charge on any atom is 0.472 e. The highest BCUT2D eigenvalue weighted by molar-refractivity contribution is 7.47. The lowest BCUT2D eigenvalue weighted by Crippen LogP contribution is -2.47. The summed E-state index contributed by atoms with van der Waals surface area (Å²) < 4.78 is 30.6. The van der Waals surface area contributed by atoms with Crippen molar-refractivity contribution in [2.24, 2.45) is 0 Å². The molecule has 0 spiro atoms. The normalized spacial score (nSPS) is 14.2. The third-order valence-electron chi connectivity index (χ3n) is 13.1. The molecule has 0 saturated carbocycles. The highest BCUT2D eigenvalue weighted by atomic mass is 31.2. The van der Waals surface area contributed by atoms with Gasteiger partial charge in [0.25, 0.3) is 0 Å². The van der Waals surface area contributed by atoms with Crippen molar-refractivity contribution in [1.29, 1.82) is 0 Å². The first kappa shape index (κ1) is 70.5. The van der Waals surface area contributed by atoms with Crippen molar-refractivity contribution in [3.05, 3.63) is 72.9 Å². The van der Waals surface area contributed by atoms with Crippen LogP contribution in [0.3, 0.4) is 0 Å². The Hall–Kier alpha value is -2.55. The zero-order chi connectivity index (χ0) is 53.6. The van der Waals surface area contributed by atoms with Gasteiger partial charge in [0.05, 0.1) is 33.8 Å². The molecule has 0 aromatic rings. The fourth-order valence-electron chi connectivity index (χ4n) is 8.39. The van der Waals surface area contributed by atoms with E-state index in [1.54, 1.807) is 0 Å². The van der Waals surface area contributed by atoms with Gasteiger partial charge in [0.2, 0.25) is 5.91 Å².